The topological polar surface area (TPSA) is 24.5 Å². The predicted octanol–water partition coefficient (Wildman–Crippen LogP) is 3.43. The van der Waals surface area contributed by atoms with Crippen LogP contribution in [0.3, 0.4) is 0 Å². The van der Waals surface area contributed by atoms with Crippen molar-refractivity contribution in [2.75, 3.05) is 37.0 Å². The number of rotatable bonds is 6. The van der Waals surface area contributed by atoms with Crippen molar-refractivity contribution in [3.63, 3.8) is 0 Å². The van der Waals surface area contributed by atoms with Gasteiger partial charge in [-0.2, -0.15) is 0 Å². The summed E-state index contributed by atoms with van der Waals surface area (Å²) in [5, 5.41) is 3.56. The number of hydrogen-bond acceptors (Lipinski definition) is 3. The molecule has 3 nitrogen and oxygen atoms in total. The summed E-state index contributed by atoms with van der Waals surface area (Å²) in [6.45, 7) is 7.60. The quantitative estimate of drug-likeness (QED) is 0.850. The van der Waals surface area contributed by atoms with Crippen molar-refractivity contribution >= 4 is 11.4 Å². The second-order valence-electron chi connectivity index (χ2n) is 5.52. The van der Waals surface area contributed by atoms with E-state index < -0.39 is 0 Å². The van der Waals surface area contributed by atoms with Gasteiger partial charge in [0.15, 0.2) is 0 Å². The molecule has 0 spiro atoms. The standard InChI is InChI=1S/C16H26N2O/c1-13-12-15(18-9-4-5-10-18)6-7-16(13)17-14(2)8-11-19-3/h6-7,12,14,17H,4-5,8-11H2,1-3H3. The van der Waals surface area contributed by atoms with Crippen molar-refractivity contribution in [1.29, 1.82) is 0 Å². The fourth-order valence-corrected chi connectivity index (χ4v) is 2.61. The summed E-state index contributed by atoms with van der Waals surface area (Å²) in [7, 11) is 1.75. The van der Waals surface area contributed by atoms with Crippen LogP contribution in [0.2, 0.25) is 0 Å². The van der Waals surface area contributed by atoms with Gasteiger partial charge in [0.25, 0.3) is 0 Å². The fourth-order valence-electron chi connectivity index (χ4n) is 2.61. The summed E-state index contributed by atoms with van der Waals surface area (Å²) in [4.78, 5) is 2.48. The first kappa shape index (κ1) is 14.2. The van der Waals surface area contributed by atoms with Crippen LogP contribution in [-0.4, -0.2) is 32.8 Å². The molecule has 0 saturated carbocycles. The summed E-state index contributed by atoms with van der Waals surface area (Å²) < 4.78 is 5.12. The summed E-state index contributed by atoms with van der Waals surface area (Å²) in [5.74, 6) is 0. The molecule has 1 atom stereocenters. The van der Waals surface area contributed by atoms with E-state index in [-0.39, 0.29) is 0 Å². The molecule has 0 bridgehead atoms. The van der Waals surface area contributed by atoms with Crippen molar-refractivity contribution < 1.29 is 4.74 Å². The van der Waals surface area contributed by atoms with Crippen LogP contribution in [0.4, 0.5) is 11.4 Å². The van der Waals surface area contributed by atoms with Crippen LogP contribution in [0.25, 0.3) is 0 Å². The Hall–Kier alpha value is -1.22. The number of nitrogens with one attached hydrogen (secondary N) is 1. The SMILES string of the molecule is COCCC(C)Nc1ccc(N2CCCC2)cc1C. The second-order valence-corrected chi connectivity index (χ2v) is 5.52. The molecule has 0 aromatic heterocycles. The highest BCUT2D eigenvalue weighted by atomic mass is 16.5. The van der Waals surface area contributed by atoms with Gasteiger partial charge in [0.2, 0.25) is 0 Å². The Labute approximate surface area is 116 Å². The average Bonchev–Trinajstić information content (AvgIpc) is 2.92. The third kappa shape index (κ3) is 3.87. The Balaban J connectivity index is 1.98. The number of methoxy groups -OCH3 is 1. The minimum atomic E-state index is 0.441. The molecule has 1 saturated heterocycles. The lowest BCUT2D eigenvalue weighted by molar-refractivity contribution is 0.191. The van der Waals surface area contributed by atoms with Crippen LogP contribution >= 0.6 is 0 Å². The molecule has 2 rings (SSSR count). The molecule has 1 aromatic rings. The third-order valence-electron chi connectivity index (χ3n) is 3.84. The summed E-state index contributed by atoms with van der Waals surface area (Å²) in [5.41, 5.74) is 3.94. The molecule has 0 radical (unpaired) electrons. The normalized spacial score (nSPS) is 16.7. The maximum absolute atomic E-state index is 5.12. The fraction of sp³-hybridized carbons (Fsp3) is 0.625. The molecule has 1 N–H and O–H groups in total. The van der Waals surface area contributed by atoms with E-state index in [1.807, 2.05) is 0 Å². The first-order valence-corrected chi connectivity index (χ1v) is 7.32. The van der Waals surface area contributed by atoms with Crippen molar-refractivity contribution in [2.24, 2.45) is 0 Å². The molecule has 19 heavy (non-hydrogen) atoms. The molecule has 106 valence electrons. The second kappa shape index (κ2) is 6.80. The van der Waals surface area contributed by atoms with Crippen molar-refractivity contribution in [2.45, 2.75) is 39.2 Å². The number of benzene rings is 1. The van der Waals surface area contributed by atoms with Crippen molar-refractivity contribution in [3.8, 4) is 0 Å². The number of ether oxygens (including phenoxy) is 1. The van der Waals surface area contributed by atoms with E-state index >= 15 is 0 Å². The summed E-state index contributed by atoms with van der Waals surface area (Å²) in [6.07, 6.45) is 3.68. The van der Waals surface area contributed by atoms with E-state index in [0.717, 1.165) is 13.0 Å². The Morgan fingerprint density at radius 3 is 2.68 bits per heavy atom. The monoisotopic (exact) mass is 262 g/mol. The number of anilines is 2. The van der Waals surface area contributed by atoms with Gasteiger partial charge in [-0.15, -0.1) is 0 Å². The maximum Gasteiger partial charge on any atom is 0.0481 e. The lowest BCUT2D eigenvalue weighted by Gasteiger charge is -2.21. The smallest absolute Gasteiger partial charge is 0.0481 e. The van der Waals surface area contributed by atoms with Gasteiger partial charge in [-0.25, -0.2) is 0 Å². The zero-order chi connectivity index (χ0) is 13.7. The molecule has 1 heterocycles. The van der Waals surface area contributed by atoms with Crippen molar-refractivity contribution in [1.82, 2.24) is 0 Å². The summed E-state index contributed by atoms with van der Waals surface area (Å²) >= 11 is 0. The van der Waals surface area contributed by atoms with Gasteiger partial charge in [-0.3, -0.25) is 0 Å². The van der Waals surface area contributed by atoms with E-state index in [9.17, 15) is 0 Å². The van der Waals surface area contributed by atoms with Crippen LogP contribution in [0.15, 0.2) is 18.2 Å². The van der Waals surface area contributed by atoms with Gasteiger partial charge in [0, 0.05) is 44.2 Å². The molecular formula is C16H26N2O. The number of hydrogen-bond donors (Lipinski definition) is 1. The largest absolute Gasteiger partial charge is 0.385 e. The highest BCUT2D eigenvalue weighted by Gasteiger charge is 2.13. The van der Waals surface area contributed by atoms with Crippen LogP contribution in [0.1, 0.15) is 31.7 Å². The lowest BCUT2D eigenvalue weighted by atomic mass is 10.1. The zero-order valence-corrected chi connectivity index (χ0v) is 12.4. The van der Waals surface area contributed by atoms with Gasteiger partial charge in [-0.1, -0.05) is 0 Å². The molecule has 0 amide bonds. The number of nitrogens with zero attached hydrogens (tertiary/aromatic N) is 1. The lowest BCUT2D eigenvalue weighted by Crippen LogP contribution is -2.19. The van der Waals surface area contributed by atoms with Gasteiger partial charge in [-0.05, 0) is 56.9 Å². The van der Waals surface area contributed by atoms with Crippen LogP contribution in [0.5, 0.6) is 0 Å². The average molecular weight is 262 g/mol. The molecule has 1 aromatic carbocycles. The highest BCUT2D eigenvalue weighted by Crippen LogP contribution is 2.26. The van der Waals surface area contributed by atoms with Gasteiger partial charge >= 0.3 is 0 Å². The van der Waals surface area contributed by atoms with Crippen LogP contribution in [0, 0.1) is 6.92 Å². The minimum absolute atomic E-state index is 0.441. The first-order valence-electron chi connectivity index (χ1n) is 7.32. The first-order chi connectivity index (χ1) is 9.20. The molecule has 1 unspecified atom stereocenters. The summed E-state index contributed by atoms with van der Waals surface area (Å²) in [6, 6.07) is 7.20. The van der Waals surface area contributed by atoms with E-state index in [0.29, 0.717) is 6.04 Å². The zero-order valence-electron chi connectivity index (χ0n) is 12.4. The Bertz CT molecular complexity index is 400. The third-order valence-corrected chi connectivity index (χ3v) is 3.84. The Morgan fingerprint density at radius 1 is 1.32 bits per heavy atom. The van der Waals surface area contributed by atoms with E-state index in [1.165, 1.54) is 42.9 Å². The van der Waals surface area contributed by atoms with Crippen molar-refractivity contribution in [3.05, 3.63) is 23.8 Å². The van der Waals surface area contributed by atoms with Crippen LogP contribution < -0.4 is 10.2 Å². The van der Waals surface area contributed by atoms with Crippen LogP contribution in [-0.2, 0) is 4.74 Å². The van der Waals surface area contributed by atoms with E-state index in [1.54, 1.807) is 7.11 Å². The Morgan fingerprint density at radius 2 is 2.05 bits per heavy atom. The minimum Gasteiger partial charge on any atom is -0.385 e. The molecule has 1 aliphatic rings. The molecule has 1 aliphatic heterocycles. The molecule has 3 heteroatoms. The van der Waals surface area contributed by atoms with Gasteiger partial charge in [0.1, 0.15) is 0 Å². The number of aryl methyl sites for hydroxylation is 1. The predicted molar refractivity (Wildman–Crippen MR) is 82.2 cm³/mol. The maximum atomic E-state index is 5.12. The highest BCUT2D eigenvalue weighted by molar-refractivity contribution is 5.60. The Kier molecular flexibility index (Phi) is 5.08. The van der Waals surface area contributed by atoms with E-state index in [2.05, 4.69) is 42.3 Å². The van der Waals surface area contributed by atoms with E-state index in [4.69, 9.17) is 4.74 Å². The molecular weight excluding hydrogens is 236 g/mol. The van der Waals surface area contributed by atoms with Gasteiger partial charge in [0.05, 0.1) is 0 Å². The molecule has 0 aliphatic carbocycles. The molecule has 1 fully saturated rings. The van der Waals surface area contributed by atoms with Gasteiger partial charge < -0.3 is 15.0 Å².